The molecule has 1 aliphatic rings. The van der Waals surface area contributed by atoms with Crippen LogP contribution in [0.2, 0.25) is 0 Å². The normalized spacial score (nSPS) is 15.1. The molecule has 32 heavy (non-hydrogen) atoms. The summed E-state index contributed by atoms with van der Waals surface area (Å²) in [5.41, 5.74) is 3.27. The molecule has 6 nitrogen and oxygen atoms in total. The number of aryl methyl sites for hydroxylation is 1. The van der Waals surface area contributed by atoms with Gasteiger partial charge in [-0.05, 0) is 62.5 Å². The third kappa shape index (κ3) is 5.78. The lowest BCUT2D eigenvalue weighted by Gasteiger charge is -2.17. The SMILES string of the molecule is CCc1ccc(NC(=O)C(C)Sc2nnc(CN3CCCC3)n2Cc2ccccc2)cc1. The Kier molecular flexibility index (Phi) is 7.60. The number of benzene rings is 2. The molecule has 0 aliphatic carbocycles. The second kappa shape index (κ2) is 10.8. The third-order valence-corrected chi connectivity index (χ3v) is 6.90. The zero-order valence-corrected chi connectivity index (χ0v) is 19.6. The van der Waals surface area contributed by atoms with Gasteiger partial charge in [0.25, 0.3) is 0 Å². The molecule has 0 spiro atoms. The number of likely N-dealkylation sites (tertiary alicyclic amines) is 1. The molecule has 168 valence electrons. The lowest BCUT2D eigenvalue weighted by molar-refractivity contribution is -0.115. The van der Waals surface area contributed by atoms with Crippen molar-refractivity contribution in [3.63, 3.8) is 0 Å². The van der Waals surface area contributed by atoms with Crippen LogP contribution in [0.25, 0.3) is 0 Å². The van der Waals surface area contributed by atoms with Crippen LogP contribution in [0, 0.1) is 0 Å². The molecule has 2 heterocycles. The minimum absolute atomic E-state index is 0.0328. The highest BCUT2D eigenvalue weighted by atomic mass is 32.2. The van der Waals surface area contributed by atoms with E-state index in [2.05, 4.69) is 56.2 Å². The number of amides is 1. The van der Waals surface area contributed by atoms with Crippen molar-refractivity contribution >= 4 is 23.4 Å². The number of carbonyl (C=O) groups excluding carboxylic acids is 1. The summed E-state index contributed by atoms with van der Waals surface area (Å²) in [4.78, 5) is 15.3. The quantitative estimate of drug-likeness (QED) is 0.484. The van der Waals surface area contributed by atoms with Gasteiger partial charge in [0, 0.05) is 5.69 Å². The zero-order chi connectivity index (χ0) is 22.3. The standard InChI is InChI=1S/C25H31N5OS/c1-3-20-11-13-22(14-12-20)26-24(31)19(2)32-25-28-27-23(18-29-15-7-8-16-29)30(25)17-21-9-5-4-6-10-21/h4-6,9-14,19H,3,7-8,15-18H2,1-2H3,(H,26,31). The van der Waals surface area contributed by atoms with Crippen LogP contribution in [0.4, 0.5) is 5.69 Å². The topological polar surface area (TPSA) is 63.1 Å². The van der Waals surface area contributed by atoms with Gasteiger partial charge in [-0.3, -0.25) is 9.69 Å². The zero-order valence-electron chi connectivity index (χ0n) is 18.8. The molecule has 1 saturated heterocycles. The average Bonchev–Trinajstić information content (AvgIpc) is 3.46. The molecule has 1 unspecified atom stereocenters. The number of anilines is 1. The molecule has 1 aromatic heterocycles. The van der Waals surface area contributed by atoms with E-state index in [1.54, 1.807) is 0 Å². The average molecular weight is 450 g/mol. The molecule has 7 heteroatoms. The van der Waals surface area contributed by atoms with Crippen LogP contribution in [0.1, 0.15) is 43.6 Å². The van der Waals surface area contributed by atoms with Crippen molar-refractivity contribution in [3.8, 4) is 0 Å². The van der Waals surface area contributed by atoms with E-state index in [1.807, 2.05) is 37.3 Å². The Labute approximate surface area is 194 Å². The van der Waals surface area contributed by atoms with E-state index in [-0.39, 0.29) is 11.2 Å². The second-order valence-corrected chi connectivity index (χ2v) is 9.56. The predicted molar refractivity (Wildman–Crippen MR) is 130 cm³/mol. The number of nitrogens with one attached hydrogen (secondary N) is 1. The molecule has 1 atom stereocenters. The Balaban J connectivity index is 1.48. The fraction of sp³-hybridized carbons (Fsp3) is 0.400. The van der Waals surface area contributed by atoms with Crippen LogP contribution in [-0.2, 0) is 24.3 Å². The summed E-state index contributed by atoms with van der Waals surface area (Å²) in [7, 11) is 0. The maximum absolute atomic E-state index is 12.8. The predicted octanol–water partition coefficient (Wildman–Crippen LogP) is 4.60. The first-order valence-corrected chi connectivity index (χ1v) is 12.2. The summed E-state index contributed by atoms with van der Waals surface area (Å²) >= 11 is 1.46. The van der Waals surface area contributed by atoms with Gasteiger partial charge in [0.15, 0.2) is 5.16 Å². The molecule has 2 aromatic carbocycles. The molecule has 4 rings (SSSR count). The van der Waals surface area contributed by atoms with Gasteiger partial charge in [-0.1, -0.05) is 61.2 Å². The van der Waals surface area contributed by atoms with Crippen LogP contribution in [0.15, 0.2) is 59.8 Å². The van der Waals surface area contributed by atoms with Gasteiger partial charge < -0.3 is 9.88 Å². The summed E-state index contributed by atoms with van der Waals surface area (Å²) in [6.45, 7) is 7.75. The largest absolute Gasteiger partial charge is 0.325 e. The molecule has 1 amide bonds. The number of carbonyl (C=O) groups is 1. The summed E-state index contributed by atoms with van der Waals surface area (Å²) in [5.74, 6) is 0.926. The van der Waals surface area contributed by atoms with Crippen molar-refractivity contribution in [3.05, 3.63) is 71.5 Å². The summed E-state index contributed by atoms with van der Waals surface area (Å²) in [6, 6.07) is 18.4. The van der Waals surface area contributed by atoms with E-state index in [0.29, 0.717) is 6.54 Å². The summed E-state index contributed by atoms with van der Waals surface area (Å²) in [6.07, 6.45) is 3.47. The molecule has 0 radical (unpaired) electrons. The van der Waals surface area contributed by atoms with Crippen molar-refractivity contribution in [1.82, 2.24) is 19.7 Å². The van der Waals surface area contributed by atoms with E-state index < -0.39 is 0 Å². The highest BCUT2D eigenvalue weighted by Gasteiger charge is 2.22. The van der Waals surface area contributed by atoms with Crippen LogP contribution in [0.3, 0.4) is 0 Å². The lowest BCUT2D eigenvalue weighted by atomic mass is 10.1. The first kappa shape index (κ1) is 22.6. The monoisotopic (exact) mass is 449 g/mol. The Morgan fingerprint density at radius 1 is 1.00 bits per heavy atom. The van der Waals surface area contributed by atoms with Crippen molar-refractivity contribution in [2.45, 2.75) is 56.6 Å². The highest BCUT2D eigenvalue weighted by Crippen LogP contribution is 2.25. The Bertz CT molecular complexity index is 1010. The second-order valence-electron chi connectivity index (χ2n) is 8.25. The van der Waals surface area contributed by atoms with Crippen LogP contribution < -0.4 is 5.32 Å². The maximum Gasteiger partial charge on any atom is 0.237 e. The smallest absolute Gasteiger partial charge is 0.237 e. The number of hydrogen-bond donors (Lipinski definition) is 1. The Hall–Kier alpha value is -2.64. The molecule has 1 fully saturated rings. The van der Waals surface area contributed by atoms with E-state index >= 15 is 0 Å². The third-order valence-electron chi connectivity index (χ3n) is 5.82. The number of thioether (sulfide) groups is 1. The van der Waals surface area contributed by atoms with Gasteiger partial charge in [0.1, 0.15) is 5.82 Å². The minimum Gasteiger partial charge on any atom is -0.325 e. The van der Waals surface area contributed by atoms with Crippen molar-refractivity contribution in [1.29, 1.82) is 0 Å². The van der Waals surface area contributed by atoms with Crippen LogP contribution in [-0.4, -0.2) is 43.9 Å². The van der Waals surface area contributed by atoms with Gasteiger partial charge in [0.05, 0.1) is 18.3 Å². The molecule has 3 aromatic rings. The fourth-order valence-electron chi connectivity index (χ4n) is 3.87. The van der Waals surface area contributed by atoms with Gasteiger partial charge in [-0.2, -0.15) is 0 Å². The van der Waals surface area contributed by atoms with Crippen LogP contribution in [0.5, 0.6) is 0 Å². The summed E-state index contributed by atoms with van der Waals surface area (Å²) < 4.78 is 2.16. The van der Waals surface area contributed by atoms with Gasteiger partial charge >= 0.3 is 0 Å². The highest BCUT2D eigenvalue weighted by molar-refractivity contribution is 8.00. The van der Waals surface area contributed by atoms with E-state index in [1.165, 1.54) is 35.7 Å². The molecular weight excluding hydrogens is 418 g/mol. The molecule has 0 bridgehead atoms. The summed E-state index contributed by atoms with van der Waals surface area (Å²) in [5, 5.41) is 12.5. The minimum atomic E-state index is -0.292. The van der Waals surface area contributed by atoms with Gasteiger partial charge in [0.2, 0.25) is 5.91 Å². The Morgan fingerprint density at radius 2 is 1.72 bits per heavy atom. The Morgan fingerprint density at radius 3 is 2.41 bits per heavy atom. The fourth-order valence-corrected chi connectivity index (χ4v) is 4.74. The van der Waals surface area contributed by atoms with Crippen molar-refractivity contribution in [2.75, 3.05) is 18.4 Å². The van der Waals surface area contributed by atoms with Crippen molar-refractivity contribution < 1.29 is 4.79 Å². The van der Waals surface area contributed by atoms with E-state index in [4.69, 9.17) is 0 Å². The van der Waals surface area contributed by atoms with Crippen molar-refractivity contribution in [2.24, 2.45) is 0 Å². The van der Waals surface area contributed by atoms with Gasteiger partial charge in [-0.25, -0.2) is 0 Å². The first-order chi connectivity index (χ1) is 15.6. The maximum atomic E-state index is 12.8. The number of hydrogen-bond acceptors (Lipinski definition) is 5. The van der Waals surface area contributed by atoms with Crippen LogP contribution >= 0.6 is 11.8 Å². The number of nitrogens with zero attached hydrogens (tertiary/aromatic N) is 4. The molecular formula is C25H31N5OS. The number of rotatable bonds is 9. The lowest BCUT2D eigenvalue weighted by Crippen LogP contribution is -2.24. The van der Waals surface area contributed by atoms with E-state index in [9.17, 15) is 4.79 Å². The number of aromatic nitrogens is 3. The van der Waals surface area contributed by atoms with Gasteiger partial charge in [-0.15, -0.1) is 10.2 Å². The first-order valence-electron chi connectivity index (χ1n) is 11.4. The molecule has 0 saturated carbocycles. The van der Waals surface area contributed by atoms with E-state index in [0.717, 1.165) is 42.7 Å². The molecule has 1 N–H and O–H groups in total. The molecule has 1 aliphatic heterocycles.